The molecule has 0 unspecified atom stereocenters. The van der Waals surface area contributed by atoms with Gasteiger partial charge in [0.1, 0.15) is 0 Å². The van der Waals surface area contributed by atoms with E-state index < -0.39 is 15.4 Å². The number of nitrogens with zero attached hydrogens (tertiary/aromatic N) is 2. The number of hydrogen-bond donors (Lipinski definition) is 2. The zero-order valence-corrected chi connectivity index (χ0v) is 17.8. The number of hydrogen-bond acceptors (Lipinski definition) is 4. The summed E-state index contributed by atoms with van der Waals surface area (Å²) in [5.74, 6) is 0.122. The van der Waals surface area contributed by atoms with Gasteiger partial charge in [0.25, 0.3) is 0 Å². The molecule has 7 nitrogen and oxygen atoms in total. The SMILES string of the molecule is CCCS(=O)(=O)N1CC(CNC(=O)NCc2ccccc2Cl)(c2ccccn2)C1. The zero-order chi connectivity index (χ0) is 20.9. The topological polar surface area (TPSA) is 91.4 Å². The van der Waals surface area contributed by atoms with Crippen LogP contribution in [0.2, 0.25) is 5.02 Å². The maximum absolute atomic E-state index is 12.4. The molecule has 0 saturated carbocycles. The van der Waals surface area contributed by atoms with Crippen LogP contribution in [0.25, 0.3) is 0 Å². The highest BCUT2D eigenvalue weighted by Crippen LogP contribution is 2.35. The normalized spacial score (nSPS) is 16.1. The summed E-state index contributed by atoms with van der Waals surface area (Å²) in [7, 11) is -3.28. The Balaban J connectivity index is 1.63. The largest absolute Gasteiger partial charge is 0.337 e. The third kappa shape index (κ3) is 5.07. The molecule has 2 aromatic rings. The highest BCUT2D eigenvalue weighted by molar-refractivity contribution is 7.89. The highest BCUT2D eigenvalue weighted by Gasteiger charge is 2.49. The molecule has 1 aliphatic rings. The summed E-state index contributed by atoms with van der Waals surface area (Å²) in [5.41, 5.74) is 1.06. The van der Waals surface area contributed by atoms with Gasteiger partial charge in [-0.1, -0.05) is 42.8 Å². The Bertz CT molecular complexity index is 947. The van der Waals surface area contributed by atoms with Crippen molar-refractivity contribution >= 4 is 27.7 Å². The number of sulfonamides is 1. The molecule has 2 amide bonds. The number of amides is 2. The highest BCUT2D eigenvalue weighted by atomic mass is 35.5. The van der Waals surface area contributed by atoms with E-state index in [-0.39, 0.29) is 18.3 Å². The Morgan fingerprint density at radius 3 is 2.55 bits per heavy atom. The van der Waals surface area contributed by atoms with E-state index in [1.165, 1.54) is 4.31 Å². The number of rotatable bonds is 8. The summed E-state index contributed by atoms with van der Waals surface area (Å²) in [6.07, 6.45) is 2.25. The van der Waals surface area contributed by atoms with Gasteiger partial charge >= 0.3 is 6.03 Å². The van der Waals surface area contributed by atoms with Gasteiger partial charge in [-0.15, -0.1) is 0 Å². The smallest absolute Gasteiger partial charge is 0.315 e. The van der Waals surface area contributed by atoms with Crippen LogP contribution in [0.4, 0.5) is 4.79 Å². The quantitative estimate of drug-likeness (QED) is 0.665. The van der Waals surface area contributed by atoms with E-state index >= 15 is 0 Å². The summed E-state index contributed by atoms with van der Waals surface area (Å²) in [4.78, 5) is 16.7. The maximum atomic E-state index is 12.4. The minimum Gasteiger partial charge on any atom is -0.337 e. The predicted molar refractivity (Wildman–Crippen MR) is 113 cm³/mol. The molecule has 1 fully saturated rings. The Kier molecular flexibility index (Phi) is 6.77. The lowest BCUT2D eigenvalue weighted by Gasteiger charge is -2.48. The van der Waals surface area contributed by atoms with Gasteiger partial charge in [0.15, 0.2) is 0 Å². The number of benzene rings is 1. The lowest BCUT2D eigenvalue weighted by atomic mass is 9.78. The van der Waals surface area contributed by atoms with E-state index in [2.05, 4.69) is 15.6 Å². The van der Waals surface area contributed by atoms with Crippen LogP contribution in [-0.2, 0) is 22.0 Å². The Hall–Kier alpha value is -2.16. The summed E-state index contributed by atoms with van der Waals surface area (Å²) in [6.45, 7) is 3.04. The van der Waals surface area contributed by atoms with Gasteiger partial charge in [-0.2, -0.15) is 4.31 Å². The molecule has 1 aromatic carbocycles. The van der Waals surface area contributed by atoms with E-state index in [1.807, 2.05) is 43.3 Å². The Morgan fingerprint density at radius 2 is 1.90 bits per heavy atom. The fraction of sp³-hybridized carbons (Fsp3) is 0.400. The van der Waals surface area contributed by atoms with Gasteiger partial charge in [0.2, 0.25) is 10.0 Å². The molecule has 2 N–H and O–H groups in total. The van der Waals surface area contributed by atoms with Gasteiger partial charge in [0.05, 0.1) is 16.9 Å². The molecule has 156 valence electrons. The number of carbonyl (C=O) groups is 1. The van der Waals surface area contributed by atoms with E-state index in [4.69, 9.17) is 11.6 Å². The van der Waals surface area contributed by atoms with Crippen molar-refractivity contribution in [3.05, 3.63) is 64.9 Å². The first-order valence-corrected chi connectivity index (χ1v) is 11.5. The van der Waals surface area contributed by atoms with Crippen LogP contribution < -0.4 is 10.6 Å². The molecule has 0 aliphatic carbocycles. The van der Waals surface area contributed by atoms with Gasteiger partial charge in [-0.25, -0.2) is 13.2 Å². The molecule has 1 saturated heterocycles. The van der Waals surface area contributed by atoms with Crippen LogP contribution in [0, 0.1) is 0 Å². The van der Waals surface area contributed by atoms with Crippen LogP contribution in [0.5, 0.6) is 0 Å². The molecule has 9 heteroatoms. The third-order valence-corrected chi connectivity index (χ3v) is 7.34. The Labute approximate surface area is 176 Å². The monoisotopic (exact) mass is 436 g/mol. The van der Waals surface area contributed by atoms with Gasteiger partial charge in [0, 0.05) is 37.4 Å². The van der Waals surface area contributed by atoms with Gasteiger partial charge < -0.3 is 10.6 Å². The number of halogens is 1. The lowest BCUT2D eigenvalue weighted by Crippen LogP contribution is -2.66. The van der Waals surface area contributed by atoms with Crippen molar-refractivity contribution in [3.63, 3.8) is 0 Å². The first-order valence-electron chi connectivity index (χ1n) is 9.51. The minimum atomic E-state index is -3.28. The average Bonchev–Trinajstić information content (AvgIpc) is 2.67. The van der Waals surface area contributed by atoms with Crippen LogP contribution in [0.1, 0.15) is 24.6 Å². The number of nitrogens with one attached hydrogen (secondary N) is 2. The van der Waals surface area contributed by atoms with Crippen molar-refractivity contribution in [2.45, 2.75) is 25.3 Å². The van der Waals surface area contributed by atoms with Crippen LogP contribution in [0.3, 0.4) is 0 Å². The van der Waals surface area contributed by atoms with Gasteiger partial charge in [-0.05, 0) is 30.2 Å². The number of carbonyl (C=O) groups excluding carboxylic acids is 1. The van der Waals surface area contributed by atoms with E-state index in [0.29, 0.717) is 31.1 Å². The summed E-state index contributed by atoms with van der Waals surface area (Å²) >= 11 is 6.11. The van der Waals surface area contributed by atoms with Crippen molar-refractivity contribution in [3.8, 4) is 0 Å². The van der Waals surface area contributed by atoms with Crippen molar-refractivity contribution in [2.24, 2.45) is 0 Å². The third-order valence-electron chi connectivity index (χ3n) is 5.01. The average molecular weight is 437 g/mol. The molecule has 0 bridgehead atoms. The van der Waals surface area contributed by atoms with E-state index in [1.54, 1.807) is 12.3 Å². The van der Waals surface area contributed by atoms with Crippen molar-refractivity contribution in [1.29, 1.82) is 0 Å². The van der Waals surface area contributed by atoms with E-state index in [9.17, 15) is 13.2 Å². The second-order valence-corrected chi connectivity index (χ2v) is 9.70. The summed E-state index contributed by atoms with van der Waals surface area (Å²) in [6, 6.07) is 12.5. The van der Waals surface area contributed by atoms with Crippen LogP contribution in [-0.4, -0.2) is 49.1 Å². The second kappa shape index (κ2) is 9.11. The summed E-state index contributed by atoms with van der Waals surface area (Å²) in [5, 5.41) is 6.24. The van der Waals surface area contributed by atoms with Crippen molar-refractivity contribution in [1.82, 2.24) is 19.9 Å². The molecule has 3 rings (SSSR count). The second-order valence-electron chi connectivity index (χ2n) is 7.21. The molecule has 0 atom stereocenters. The van der Waals surface area contributed by atoms with E-state index in [0.717, 1.165) is 11.3 Å². The molecule has 2 heterocycles. The first-order chi connectivity index (χ1) is 13.9. The number of aromatic nitrogens is 1. The molecule has 0 radical (unpaired) electrons. The minimum absolute atomic E-state index is 0.122. The fourth-order valence-corrected chi connectivity index (χ4v) is 5.25. The predicted octanol–water partition coefficient (Wildman–Crippen LogP) is 2.53. The van der Waals surface area contributed by atoms with Crippen molar-refractivity contribution < 1.29 is 13.2 Å². The molecule has 1 aromatic heterocycles. The first kappa shape index (κ1) is 21.5. The van der Waals surface area contributed by atoms with Crippen molar-refractivity contribution in [2.75, 3.05) is 25.4 Å². The Morgan fingerprint density at radius 1 is 1.17 bits per heavy atom. The fourth-order valence-electron chi connectivity index (χ4n) is 3.38. The molecule has 29 heavy (non-hydrogen) atoms. The number of urea groups is 1. The standard InChI is InChI=1S/C20H25ClN4O3S/c1-2-11-29(27,28)25-14-20(15-25,18-9-5-6-10-22-18)13-24-19(26)23-12-16-7-3-4-8-17(16)21/h3-10H,2,11-15H2,1H3,(H2,23,24,26). The van der Waals surface area contributed by atoms with Crippen LogP contribution >= 0.6 is 11.6 Å². The maximum Gasteiger partial charge on any atom is 0.315 e. The van der Waals surface area contributed by atoms with Crippen LogP contribution in [0.15, 0.2) is 48.7 Å². The lowest BCUT2D eigenvalue weighted by molar-refractivity contribution is 0.145. The molecule has 0 spiro atoms. The molecular formula is C20H25ClN4O3S. The molecular weight excluding hydrogens is 412 g/mol. The zero-order valence-electron chi connectivity index (χ0n) is 16.3. The number of pyridine rings is 1. The van der Waals surface area contributed by atoms with Gasteiger partial charge in [-0.3, -0.25) is 4.98 Å². The summed E-state index contributed by atoms with van der Waals surface area (Å²) < 4.78 is 26.2. The molecule has 1 aliphatic heterocycles.